The first-order valence-electron chi connectivity index (χ1n) is 24.9. The molecule has 0 atom stereocenters. The van der Waals surface area contributed by atoms with Gasteiger partial charge in [0.15, 0.2) is 0 Å². The number of benzene rings is 2. The molecule has 4 aliphatic heterocycles. The number of ether oxygens (including phenoxy) is 3. The quantitative estimate of drug-likeness (QED) is 0.237. The Kier molecular flexibility index (Phi) is 18.3. The minimum absolute atomic E-state index is 0.0833. The van der Waals surface area contributed by atoms with Crippen molar-refractivity contribution in [3.05, 3.63) is 58.7 Å². The van der Waals surface area contributed by atoms with Crippen molar-refractivity contribution in [3.63, 3.8) is 0 Å². The molecular weight excluding hydrogens is 873 g/mol. The maximum atomic E-state index is 12.3. The molecule has 0 radical (unpaired) electrons. The molecule has 4 saturated heterocycles. The Morgan fingerprint density at radius 2 is 0.985 bits per heavy atom. The molecule has 376 valence electrons. The summed E-state index contributed by atoms with van der Waals surface area (Å²) in [4.78, 5) is 37.6. The summed E-state index contributed by atoms with van der Waals surface area (Å²) in [6.07, 6.45) is 10.3. The zero-order valence-electron chi connectivity index (χ0n) is 42.1. The molecule has 1 N–H and O–H groups in total. The fourth-order valence-corrected chi connectivity index (χ4v) is 9.71. The summed E-state index contributed by atoms with van der Waals surface area (Å²) >= 11 is 0. The van der Waals surface area contributed by atoms with Crippen LogP contribution in [-0.2, 0) is 36.9 Å². The molecule has 0 aromatic heterocycles. The summed E-state index contributed by atoms with van der Waals surface area (Å²) in [5.74, 6) is 1.38. The number of hydrogen-bond donors (Lipinski definition) is 1. The summed E-state index contributed by atoms with van der Waals surface area (Å²) in [5.41, 5.74) is 3.57. The van der Waals surface area contributed by atoms with E-state index in [1.807, 2.05) is 65.5 Å². The van der Waals surface area contributed by atoms with Crippen LogP contribution >= 0.6 is 0 Å². The van der Waals surface area contributed by atoms with Gasteiger partial charge in [-0.05, 0) is 130 Å². The monoisotopic (exact) mass is 955 g/mol. The third kappa shape index (κ3) is 18.3. The number of phenols is 1. The maximum Gasteiger partial charge on any atom is 0.410 e. The highest BCUT2D eigenvalue weighted by atomic mass is 32.2. The van der Waals surface area contributed by atoms with Crippen molar-refractivity contribution in [1.29, 1.82) is 0 Å². The van der Waals surface area contributed by atoms with E-state index in [2.05, 4.69) is 44.7 Å². The standard InChI is InChI=1S/C25H39N3O3.C17H26N2O3.C9H17NO3S/c1-19-5-6-20(18-26-13-15-28(16-14-26)24(29)31-25(2,3)4)23(17-19)30-22-9-11-27(12-10-22)21-7-8-21;1-13-5-6-14(15(20)11-13)12-18-7-9-19(10-8-18)16(21)22-17(2,3)4;1-14(11,12)13-9-4-6-10(7-5-9)8-2-3-8/h5-6,17,21-22H,7-16,18H2,1-4H3;5-6,11,20H,7-10,12H2,1-4H3;8-9H,2-7H2,1H3. The molecule has 15 nitrogen and oxygen atoms in total. The molecule has 4 heterocycles. The van der Waals surface area contributed by atoms with E-state index in [0.717, 1.165) is 107 Å². The van der Waals surface area contributed by atoms with Crippen LogP contribution in [0.15, 0.2) is 36.4 Å². The molecule has 6 fully saturated rings. The fraction of sp³-hybridized carbons (Fsp3) is 0.725. The molecule has 0 unspecified atom stereocenters. The minimum Gasteiger partial charge on any atom is -0.508 e. The number of hydrogen-bond acceptors (Lipinski definition) is 13. The van der Waals surface area contributed by atoms with E-state index in [-0.39, 0.29) is 18.3 Å². The van der Waals surface area contributed by atoms with Gasteiger partial charge in [0.1, 0.15) is 28.8 Å². The average molecular weight is 955 g/mol. The van der Waals surface area contributed by atoms with E-state index in [1.165, 1.54) is 49.9 Å². The van der Waals surface area contributed by atoms with Crippen molar-refractivity contribution >= 4 is 22.3 Å². The number of rotatable bonds is 10. The number of carbonyl (C=O) groups excluding carboxylic acids is 2. The van der Waals surface area contributed by atoms with E-state index in [4.69, 9.17) is 18.4 Å². The van der Waals surface area contributed by atoms with E-state index in [0.29, 0.717) is 44.6 Å². The molecule has 2 aromatic rings. The van der Waals surface area contributed by atoms with Gasteiger partial charge in [-0.2, -0.15) is 8.42 Å². The first-order valence-corrected chi connectivity index (χ1v) is 26.7. The Hall–Kier alpha value is -3.67. The van der Waals surface area contributed by atoms with Gasteiger partial charge < -0.3 is 38.9 Å². The van der Waals surface area contributed by atoms with Crippen molar-refractivity contribution in [2.45, 2.75) is 155 Å². The van der Waals surface area contributed by atoms with Crippen LogP contribution in [0.25, 0.3) is 0 Å². The molecule has 6 aliphatic rings. The Labute approximate surface area is 402 Å². The van der Waals surface area contributed by atoms with Gasteiger partial charge in [0, 0.05) is 115 Å². The summed E-state index contributed by atoms with van der Waals surface area (Å²) in [6.45, 7) is 27.3. The molecule has 0 spiro atoms. The van der Waals surface area contributed by atoms with Gasteiger partial charge in [-0.3, -0.25) is 14.0 Å². The Balaban J connectivity index is 0.000000179. The maximum absolute atomic E-state index is 12.3. The van der Waals surface area contributed by atoms with Gasteiger partial charge >= 0.3 is 12.2 Å². The smallest absolute Gasteiger partial charge is 0.410 e. The number of piperidine rings is 2. The lowest BCUT2D eigenvalue weighted by atomic mass is 10.1. The first-order chi connectivity index (χ1) is 31.6. The largest absolute Gasteiger partial charge is 0.508 e. The second-order valence-electron chi connectivity index (χ2n) is 21.6. The molecule has 0 bridgehead atoms. The van der Waals surface area contributed by atoms with Crippen LogP contribution in [0.1, 0.15) is 115 Å². The van der Waals surface area contributed by atoms with Crippen molar-refractivity contribution in [3.8, 4) is 11.5 Å². The molecule has 2 saturated carbocycles. The van der Waals surface area contributed by atoms with Gasteiger partial charge in [-0.25, -0.2) is 9.59 Å². The number of piperazine rings is 2. The van der Waals surface area contributed by atoms with E-state index in [9.17, 15) is 23.1 Å². The van der Waals surface area contributed by atoms with Crippen molar-refractivity contribution < 1.29 is 41.5 Å². The molecule has 2 amide bonds. The highest BCUT2D eigenvalue weighted by Gasteiger charge is 2.34. The zero-order chi connectivity index (χ0) is 48.5. The first kappa shape index (κ1) is 52.7. The van der Waals surface area contributed by atoms with E-state index >= 15 is 0 Å². The topological polar surface area (TPSA) is 145 Å². The Bertz CT molecular complexity index is 2020. The molecule has 16 heteroatoms. The summed E-state index contributed by atoms with van der Waals surface area (Å²) in [5, 5.41) is 9.98. The lowest BCUT2D eigenvalue weighted by Crippen LogP contribution is -2.49. The molecular formula is C51H82N6O9S. The van der Waals surface area contributed by atoms with Crippen LogP contribution in [0, 0.1) is 13.8 Å². The van der Waals surface area contributed by atoms with Gasteiger partial charge in [-0.1, -0.05) is 24.3 Å². The summed E-state index contributed by atoms with van der Waals surface area (Å²) in [7, 11) is -3.26. The molecule has 8 rings (SSSR count). The Morgan fingerprint density at radius 3 is 1.39 bits per heavy atom. The van der Waals surface area contributed by atoms with Crippen LogP contribution < -0.4 is 4.74 Å². The van der Waals surface area contributed by atoms with Crippen molar-refractivity contribution in [2.24, 2.45) is 0 Å². The predicted octanol–water partition coefficient (Wildman–Crippen LogP) is 7.40. The number of amides is 2. The SMILES string of the molecule is CS(=O)(=O)OC1CCN(C2CC2)CC1.Cc1ccc(CN2CCN(C(=O)OC(C)(C)C)CC2)c(O)c1.Cc1ccc(CN2CCN(C(=O)OC(C)(C)C)CC2)c(OC2CCN(C3CC3)CC2)c1. The third-order valence-electron chi connectivity index (χ3n) is 13.0. The van der Waals surface area contributed by atoms with Gasteiger partial charge in [0.25, 0.3) is 10.1 Å². The van der Waals surface area contributed by atoms with Crippen LogP contribution in [0.4, 0.5) is 9.59 Å². The van der Waals surface area contributed by atoms with Gasteiger partial charge in [0.2, 0.25) is 0 Å². The number of nitrogens with zero attached hydrogens (tertiary/aromatic N) is 6. The number of aryl methyl sites for hydroxylation is 2. The van der Waals surface area contributed by atoms with Gasteiger partial charge in [-0.15, -0.1) is 0 Å². The predicted molar refractivity (Wildman–Crippen MR) is 262 cm³/mol. The number of likely N-dealkylation sites (tertiary alicyclic amines) is 2. The normalized spacial score (nSPS) is 21.1. The zero-order valence-corrected chi connectivity index (χ0v) is 43.0. The molecule has 2 aliphatic carbocycles. The third-order valence-corrected chi connectivity index (χ3v) is 13.6. The molecule has 67 heavy (non-hydrogen) atoms. The fourth-order valence-electron chi connectivity index (χ4n) is 9.02. The number of aromatic hydroxyl groups is 1. The average Bonchev–Trinajstić information content (AvgIpc) is 4.18. The molecule has 2 aromatic carbocycles. The second kappa shape index (κ2) is 23.3. The number of carbonyl (C=O) groups is 2. The Morgan fingerprint density at radius 1 is 0.582 bits per heavy atom. The highest BCUT2D eigenvalue weighted by Crippen LogP contribution is 2.32. The van der Waals surface area contributed by atoms with Crippen LogP contribution in [0.3, 0.4) is 0 Å². The number of phenolic OH excluding ortho intramolecular Hbond substituents is 1. The van der Waals surface area contributed by atoms with Gasteiger partial charge in [0.05, 0.1) is 12.4 Å². The van der Waals surface area contributed by atoms with Crippen molar-refractivity contribution in [1.82, 2.24) is 29.4 Å². The highest BCUT2D eigenvalue weighted by molar-refractivity contribution is 7.86. The van der Waals surface area contributed by atoms with Crippen LogP contribution in [-0.4, -0.2) is 175 Å². The van der Waals surface area contributed by atoms with E-state index < -0.39 is 21.3 Å². The second-order valence-corrected chi connectivity index (χ2v) is 23.2. The lowest BCUT2D eigenvalue weighted by molar-refractivity contribution is 0.0128. The summed E-state index contributed by atoms with van der Waals surface area (Å²) < 4.78 is 44.2. The minimum atomic E-state index is -3.26. The van der Waals surface area contributed by atoms with E-state index in [1.54, 1.807) is 11.0 Å². The van der Waals surface area contributed by atoms with Crippen molar-refractivity contribution in [2.75, 3.05) is 84.8 Å². The van der Waals surface area contributed by atoms with Crippen LogP contribution in [0.5, 0.6) is 11.5 Å². The van der Waals surface area contributed by atoms with Crippen LogP contribution in [0.2, 0.25) is 0 Å². The lowest BCUT2D eigenvalue weighted by Gasteiger charge is -2.36. The summed E-state index contributed by atoms with van der Waals surface area (Å²) in [6, 6.07) is 14.0.